The highest BCUT2D eigenvalue weighted by atomic mass is 16.5. The summed E-state index contributed by atoms with van der Waals surface area (Å²) in [6, 6.07) is 17.9. The van der Waals surface area contributed by atoms with Gasteiger partial charge in [-0.25, -0.2) is 0 Å². The SMILES string of the molecule is CC=C(NNC(=O)COc1ccc(C(C)(C)CC(C)(C)C)cc1)c1ccccc1. The molecule has 2 N–H and O–H groups in total. The minimum Gasteiger partial charge on any atom is -0.484 e. The fraction of sp³-hybridized carbons (Fsp3) is 0.400. The second kappa shape index (κ2) is 9.64. The van der Waals surface area contributed by atoms with E-state index in [0.29, 0.717) is 5.75 Å². The standard InChI is InChI=1S/C25H34N2O2/c1-7-22(19-11-9-8-10-12-19)26-27-23(28)17-29-21-15-13-20(14-16-21)25(5,6)18-24(2,3)4/h7-16,26H,17-18H2,1-6H3,(H,27,28). The number of hydrazine groups is 1. The molecule has 0 aliphatic carbocycles. The molecule has 2 rings (SSSR count). The lowest BCUT2D eigenvalue weighted by molar-refractivity contribution is -0.123. The van der Waals surface area contributed by atoms with Gasteiger partial charge in [0.2, 0.25) is 0 Å². The number of benzene rings is 2. The van der Waals surface area contributed by atoms with Crippen LogP contribution in [-0.2, 0) is 10.2 Å². The summed E-state index contributed by atoms with van der Waals surface area (Å²) in [7, 11) is 0. The molecular formula is C25H34N2O2. The summed E-state index contributed by atoms with van der Waals surface area (Å²) in [6.45, 7) is 13.2. The smallest absolute Gasteiger partial charge is 0.276 e. The number of nitrogens with one attached hydrogen (secondary N) is 2. The van der Waals surface area contributed by atoms with Crippen LogP contribution in [-0.4, -0.2) is 12.5 Å². The quantitative estimate of drug-likeness (QED) is 0.585. The average Bonchev–Trinajstić information content (AvgIpc) is 2.66. The zero-order chi connectivity index (χ0) is 21.5. The number of carbonyl (C=O) groups is 1. The van der Waals surface area contributed by atoms with Crippen LogP contribution < -0.4 is 15.6 Å². The maximum atomic E-state index is 12.1. The largest absolute Gasteiger partial charge is 0.484 e. The number of amides is 1. The van der Waals surface area contributed by atoms with E-state index in [0.717, 1.165) is 17.7 Å². The third-order valence-corrected chi connectivity index (χ3v) is 4.69. The van der Waals surface area contributed by atoms with Crippen molar-refractivity contribution < 1.29 is 9.53 Å². The Labute approximate surface area is 175 Å². The lowest BCUT2D eigenvalue weighted by atomic mass is 9.72. The summed E-state index contributed by atoms with van der Waals surface area (Å²) < 4.78 is 5.64. The summed E-state index contributed by atoms with van der Waals surface area (Å²) in [4.78, 5) is 12.1. The predicted molar refractivity (Wildman–Crippen MR) is 120 cm³/mol. The van der Waals surface area contributed by atoms with E-state index < -0.39 is 0 Å². The number of ether oxygens (including phenoxy) is 1. The zero-order valence-corrected chi connectivity index (χ0v) is 18.5. The third kappa shape index (κ3) is 7.30. The number of carbonyl (C=O) groups excluding carboxylic acids is 1. The van der Waals surface area contributed by atoms with Gasteiger partial charge in [0.25, 0.3) is 5.91 Å². The van der Waals surface area contributed by atoms with Gasteiger partial charge in [-0.3, -0.25) is 15.6 Å². The van der Waals surface area contributed by atoms with Gasteiger partial charge in [-0.05, 0) is 47.4 Å². The molecule has 4 nitrogen and oxygen atoms in total. The van der Waals surface area contributed by atoms with Crippen molar-refractivity contribution in [2.45, 2.75) is 53.4 Å². The lowest BCUT2D eigenvalue weighted by Gasteiger charge is -2.33. The topological polar surface area (TPSA) is 50.4 Å². The molecule has 4 heteroatoms. The molecule has 0 spiro atoms. The highest BCUT2D eigenvalue weighted by Crippen LogP contribution is 2.36. The van der Waals surface area contributed by atoms with Gasteiger partial charge in [0.1, 0.15) is 5.75 Å². The van der Waals surface area contributed by atoms with Gasteiger partial charge in [0.15, 0.2) is 6.61 Å². The molecule has 0 fully saturated rings. The molecule has 0 bridgehead atoms. The van der Waals surface area contributed by atoms with Crippen LogP contribution >= 0.6 is 0 Å². The van der Waals surface area contributed by atoms with E-state index >= 15 is 0 Å². The zero-order valence-electron chi connectivity index (χ0n) is 18.5. The summed E-state index contributed by atoms with van der Waals surface area (Å²) in [5.41, 5.74) is 9.09. The van der Waals surface area contributed by atoms with Crippen LogP contribution in [0.4, 0.5) is 0 Å². The van der Waals surface area contributed by atoms with Gasteiger partial charge < -0.3 is 4.74 Å². The first kappa shape index (κ1) is 22.5. The van der Waals surface area contributed by atoms with Crippen molar-refractivity contribution in [2.75, 3.05) is 6.61 Å². The molecule has 0 saturated carbocycles. The van der Waals surface area contributed by atoms with E-state index in [-0.39, 0.29) is 23.3 Å². The molecule has 29 heavy (non-hydrogen) atoms. The Balaban J connectivity index is 1.86. The van der Waals surface area contributed by atoms with Crippen LogP contribution in [0, 0.1) is 5.41 Å². The Morgan fingerprint density at radius 1 is 0.931 bits per heavy atom. The summed E-state index contributed by atoms with van der Waals surface area (Å²) in [6.07, 6.45) is 3.00. The normalized spacial score (nSPS) is 12.4. The van der Waals surface area contributed by atoms with E-state index in [1.807, 2.05) is 55.5 Å². The van der Waals surface area contributed by atoms with Crippen molar-refractivity contribution in [3.63, 3.8) is 0 Å². The van der Waals surface area contributed by atoms with E-state index in [2.05, 4.69) is 57.6 Å². The van der Waals surface area contributed by atoms with Crippen LogP contribution in [0.15, 0.2) is 60.7 Å². The molecule has 0 unspecified atom stereocenters. The summed E-state index contributed by atoms with van der Waals surface area (Å²) in [5.74, 6) is 0.446. The van der Waals surface area contributed by atoms with Gasteiger partial charge >= 0.3 is 0 Å². The van der Waals surface area contributed by atoms with Crippen LogP contribution in [0.5, 0.6) is 5.75 Å². The Hall–Kier alpha value is -2.75. The molecule has 0 saturated heterocycles. The Bertz CT molecular complexity index is 816. The van der Waals surface area contributed by atoms with Crippen molar-refractivity contribution in [1.29, 1.82) is 0 Å². The average molecular weight is 395 g/mol. The Kier molecular flexibility index (Phi) is 7.49. The highest BCUT2D eigenvalue weighted by Gasteiger charge is 2.27. The maximum absolute atomic E-state index is 12.1. The van der Waals surface area contributed by atoms with Crippen molar-refractivity contribution >= 4 is 11.6 Å². The van der Waals surface area contributed by atoms with Crippen molar-refractivity contribution in [3.05, 3.63) is 71.8 Å². The van der Waals surface area contributed by atoms with Crippen molar-refractivity contribution in [3.8, 4) is 5.75 Å². The first-order valence-corrected chi connectivity index (χ1v) is 10.1. The molecule has 2 aromatic rings. The fourth-order valence-corrected chi connectivity index (χ4v) is 3.68. The molecule has 0 atom stereocenters. The van der Waals surface area contributed by atoms with E-state index in [4.69, 9.17) is 4.74 Å². The number of rotatable bonds is 8. The molecule has 0 heterocycles. The summed E-state index contributed by atoms with van der Waals surface area (Å²) >= 11 is 0. The predicted octanol–water partition coefficient (Wildman–Crippen LogP) is 5.46. The minimum atomic E-state index is -0.238. The molecule has 0 aliphatic heterocycles. The molecule has 0 aliphatic rings. The number of hydrogen-bond donors (Lipinski definition) is 2. The van der Waals surface area contributed by atoms with Gasteiger partial charge in [-0.1, -0.05) is 83.2 Å². The Morgan fingerprint density at radius 3 is 2.10 bits per heavy atom. The van der Waals surface area contributed by atoms with Gasteiger partial charge in [-0.2, -0.15) is 0 Å². The Morgan fingerprint density at radius 2 is 1.55 bits per heavy atom. The third-order valence-electron chi connectivity index (χ3n) is 4.69. The second-order valence-corrected chi connectivity index (χ2v) is 9.18. The first-order valence-electron chi connectivity index (χ1n) is 10.1. The van der Waals surface area contributed by atoms with Gasteiger partial charge in [-0.15, -0.1) is 0 Å². The summed E-state index contributed by atoms with van der Waals surface area (Å²) in [5, 5.41) is 0. The first-order chi connectivity index (χ1) is 13.6. The molecule has 156 valence electrons. The molecule has 0 radical (unpaired) electrons. The fourth-order valence-electron chi connectivity index (χ4n) is 3.68. The van der Waals surface area contributed by atoms with Crippen molar-refractivity contribution in [2.24, 2.45) is 5.41 Å². The molecule has 2 aromatic carbocycles. The van der Waals surface area contributed by atoms with Crippen LogP contribution in [0.25, 0.3) is 5.70 Å². The monoisotopic (exact) mass is 394 g/mol. The van der Waals surface area contributed by atoms with E-state index in [9.17, 15) is 4.79 Å². The molecule has 0 aromatic heterocycles. The molecular weight excluding hydrogens is 360 g/mol. The number of allylic oxidation sites excluding steroid dienone is 1. The maximum Gasteiger partial charge on any atom is 0.276 e. The van der Waals surface area contributed by atoms with Gasteiger partial charge in [0, 0.05) is 0 Å². The van der Waals surface area contributed by atoms with E-state index in [1.165, 1.54) is 5.56 Å². The van der Waals surface area contributed by atoms with Crippen LogP contribution in [0.1, 0.15) is 59.1 Å². The second-order valence-electron chi connectivity index (χ2n) is 9.18. The van der Waals surface area contributed by atoms with Crippen LogP contribution in [0.3, 0.4) is 0 Å². The van der Waals surface area contributed by atoms with Crippen molar-refractivity contribution in [1.82, 2.24) is 10.9 Å². The van der Waals surface area contributed by atoms with Crippen LogP contribution in [0.2, 0.25) is 0 Å². The highest BCUT2D eigenvalue weighted by molar-refractivity contribution is 5.78. The van der Waals surface area contributed by atoms with Gasteiger partial charge in [0.05, 0.1) is 5.70 Å². The number of hydrogen-bond acceptors (Lipinski definition) is 3. The molecule has 1 amide bonds. The lowest BCUT2D eigenvalue weighted by Crippen LogP contribution is -2.39. The minimum absolute atomic E-state index is 0.0521. The van der Waals surface area contributed by atoms with E-state index in [1.54, 1.807) is 0 Å².